The van der Waals surface area contributed by atoms with Gasteiger partial charge >= 0.3 is 0 Å². The molecule has 0 spiro atoms. The topological polar surface area (TPSA) is 0 Å². The van der Waals surface area contributed by atoms with Gasteiger partial charge in [0.05, 0.1) is 5.38 Å². The maximum Gasteiger partial charge on any atom is 0.0930 e. The highest BCUT2D eigenvalue weighted by molar-refractivity contribution is 7.10. The summed E-state index contributed by atoms with van der Waals surface area (Å²) in [4.78, 5) is 1.21. The summed E-state index contributed by atoms with van der Waals surface area (Å²) < 4.78 is 0. The number of hydrogen-bond donors (Lipinski definition) is 0. The Kier molecular flexibility index (Phi) is 3.35. The van der Waals surface area contributed by atoms with E-state index in [2.05, 4.69) is 18.4 Å². The fraction of sp³-hybridized carbons (Fsp3) is 0.167. The molecule has 0 aliphatic heterocycles. The number of aryl methyl sites for hydroxylation is 1. The van der Waals surface area contributed by atoms with Gasteiger partial charge in [0.2, 0.25) is 0 Å². The molecule has 1 atom stereocenters. The van der Waals surface area contributed by atoms with Crippen LogP contribution in [-0.2, 0) is 0 Å². The summed E-state index contributed by atoms with van der Waals surface area (Å²) in [5, 5.41) is 2.74. The van der Waals surface area contributed by atoms with Crippen molar-refractivity contribution in [2.75, 3.05) is 0 Å². The highest BCUT2D eigenvalue weighted by atomic mass is 35.5. The minimum absolute atomic E-state index is 0.0673. The zero-order chi connectivity index (χ0) is 10.8. The average Bonchev–Trinajstić information content (AvgIpc) is 2.65. The maximum absolute atomic E-state index is 6.40. The molecular weight excluding hydrogens is 247 g/mol. The van der Waals surface area contributed by atoms with Crippen LogP contribution in [0.5, 0.6) is 0 Å². The molecule has 0 amide bonds. The zero-order valence-corrected chi connectivity index (χ0v) is 10.5. The SMILES string of the molecule is Cc1ccsc1C(Cl)c1ccc(Cl)cc1. The predicted molar refractivity (Wildman–Crippen MR) is 68.2 cm³/mol. The molecule has 0 saturated heterocycles. The van der Waals surface area contributed by atoms with Crippen molar-refractivity contribution in [2.24, 2.45) is 0 Å². The summed E-state index contributed by atoms with van der Waals surface area (Å²) >= 11 is 13.9. The van der Waals surface area contributed by atoms with Crippen LogP contribution in [0.1, 0.15) is 21.4 Å². The third kappa shape index (κ3) is 2.36. The highest BCUT2D eigenvalue weighted by Gasteiger charge is 2.13. The van der Waals surface area contributed by atoms with Gasteiger partial charge in [-0.3, -0.25) is 0 Å². The van der Waals surface area contributed by atoms with E-state index < -0.39 is 0 Å². The molecule has 1 aromatic carbocycles. The van der Waals surface area contributed by atoms with E-state index in [1.54, 1.807) is 11.3 Å². The van der Waals surface area contributed by atoms with Crippen LogP contribution >= 0.6 is 34.5 Å². The lowest BCUT2D eigenvalue weighted by molar-refractivity contribution is 1.16. The summed E-state index contributed by atoms with van der Waals surface area (Å²) in [6.07, 6.45) is 0. The molecule has 2 aromatic rings. The Morgan fingerprint density at radius 3 is 2.33 bits per heavy atom. The van der Waals surface area contributed by atoms with Crippen LogP contribution < -0.4 is 0 Å². The standard InChI is InChI=1S/C12H10Cl2S/c1-8-6-7-15-12(8)11(14)9-2-4-10(13)5-3-9/h2-7,11H,1H3. The van der Waals surface area contributed by atoms with Gasteiger partial charge in [-0.25, -0.2) is 0 Å². The van der Waals surface area contributed by atoms with Gasteiger partial charge in [0.15, 0.2) is 0 Å². The first-order chi connectivity index (χ1) is 7.18. The van der Waals surface area contributed by atoms with Crippen LogP contribution in [0.2, 0.25) is 5.02 Å². The molecule has 78 valence electrons. The van der Waals surface area contributed by atoms with Gasteiger partial charge in [-0.1, -0.05) is 23.7 Å². The van der Waals surface area contributed by atoms with Gasteiger partial charge in [0.25, 0.3) is 0 Å². The van der Waals surface area contributed by atoms with E-state index in [1.165, 1.54) is 10.4 Å². The molecular formula is C12H10Cl2S. The van der Waals surface area contributed by atoms with Crippen LogP contribution in [0, 0.1) is 6.92 Å². The first-order valence-corrected chi connectivity index (χ1v) is 6.31. The molecule has 0 radical (unpaired) electrons. The summed E-state index contributed by atoms with van der Waals surface area (Å²) in [5.74, 6) is 0. The minimum Gasteiger partial charge on any atom is -0.147 e. The summed E-state index contributed by atoms with van der Waals surface area (Å²) in [7, 11) is 0. The number of benzene rings is 1. The number of thiophene rings is 1. The summed E-state index contributed by atoms with van der Waals surface area (Å²) in [6, 6.07) is 9.77. The smallest absolute Gasteiger partial charge is 0.0930 e. The Hall–Kier alpha value is -0.500. The summed E-state index contributed by atoms with van der Waals surface area (Å²) in [5.41, 5.74) is 2.33. The van der Waals surface area contributed by atoms with Crippen molar-refractivity contribution < 1.29 is 0 Å². The van der Waals surface area contributed by atoms with E-state index in [9.17, 15) is 0 Å². The van der Waals surface area contributed by atoms with Crippen LogP contribution in [-0.4, -0.2) is 0 Å². The van der Waals surface area contributed by atoms with E-state index in [0.717, 1.165) is 10.6 Å². The van der Waals surface area contributed by atoms with Crippen molar-refractivity contribution in [3.63, 3.8) is 0 Å². The van der Waals surface area contributed by atoms with E-state index in [0.29, 0.717) is 0 Å². The van der Waals surface area contributed by atoms with E-state index in [1.807, 2.05) is 24.3 Å². The number of halogens is 2. The largest absolute Gasteiger partial charge is 0.147 e. The molecule has 1 aromatic heterocycles. The Morgan fingerprint density at radius 2 is 1.80 bits per heavy atom. The third-order valence-electron chi connectivity index (χ3n) is 2.29. The van der Waals surface area contributed by atoms with Gasteiger partial charge in [0.1, 0.15) is 0 Å². The zero-order valence-electron chi connectivity index (χ0n) is 8.21. The molecule has 0 bridgehead atoms. The Morgan fingerprint density at radius 1 is 1.13 bits per heavy atom. The second-order valence-corrected chi connectivity index (χ2v) is 5.20. The van der Waals surface area contributed by atoms with Gasteiger partial charge in [-0.15, -0.1) is 22.9 Å². The fourth-order valence-corrected chi connectivity index (χ4v) is 2.95. The lowest BCUT2D eigenvalue weighted by atomic mass is 10.1. The maximum atomic E-state index is 6.40. The van der Waals surface area contributed by atoms with Crippen molar-refractivity contribution in [1.82, 2.24) is 0 Å². The van der Waals surface area contributed by atoms with Gasteiger partial charge in [-0.2, -0.15) is 0 Å². The molecule has 1 unspecified atom stereocenters. The molecule has 0 N–H and O–H groups in total. The first kappa shape index (κ1) is 11.0. The number of hydrogen-bond acceptors (Lipinski definition) is 1. The molecule has 0 aliphatic rings. The van der Waals surface area contributed by atoms with E-state index in [4.69, 9.17) is 23.2 Å². The van der Waals surface area contributed by atoms with Crippen molar-refractivity contribution in [1.29, 1.82) is 0 Å². The molecule has 0 fully saturated rings. The molecule has 15 heavy (non-hydrogen) atoms. The molecule has 3 heteroatoms. The quantitative estimate of drug-likeness (QED) is 0.661. The average molecular weight is 257 g/mol. The number of rotatable bonds is 2. The van der Waals surface area contributed by atoms with Gasteiger partial charge in [0, 0.05) is 9.90 Å². The predicted octanol–water partition coefficient (Wildman–Crippen LogP) is 5.04. The van der Waals surface area contributed by atoms with Crippen molar-refractivity contribution in [3.8, 4) is 0 Å². The minimum atomic E-state index is -0.0673. The molecule has 0 nitrogen and oxygen atoms in total. The molecule has 0 saturated carbocycles. The van der Waals surface area contributed by atoms with E-state index >= 15 is 0 Å². The second kappa shape index (κ2) is 4.56. The van der Waals surface area contributed by atoms with Crippen LogP contribution in [0.4, 0.5) is 0 Å². The van der Waals surface area contributed by atoms with Gasteiger partial charge < -0.3 is 0 Å². The molecule has 1 heterocycles. The summed E-state index contributed by atoms with van der Waals surface area (Å²) in [6.45, 7) is 2.08. The third-order valence-corrected chi connectivity index (χ3v) is 4.23. The van der Waals surface area contributed by atoms with Crippen LogP contribution in [0.15, 0.2) is 35.7 Å². The molecule has 0 aliphatic carbocycles. The van der Waals surface area contributed by atoms with Crippen molar-refractivity contribution in [3.05, 3.63) is 56.7 Å². The van der Waals surface area contributed by atoms with Crippen molar-refractivity contribution >= 4 is 34.5 Å². The normalized spacial score (nSPS) is 12.7. The van der Waals surface area contributed by atoms with E-state index in [-0.39, 0.29) is 5.38 Å². The first-order valence-electron chi connectivity index (χ1n) is 4.62. The lowest BCUT2D eigenvalue weighted by Gasteiger charge is -2.09. The van der Waals surface area contributed by atoms with Crippen LogP contribution in [0.25, 0.3) is 0 Å². The molecule has 2 rings (SSSR count). The Bertz CT molecular complexity index is 445. The number of alkyl halides is 1. The monoisotopic (exact) mass is 256 g/mol. The Balaban J connectivity index is 2.32. The van der Waals surface area contributed by atoms with Gasteiger partial charge in [-0.05, 0) is 41.6 Å². The van der Waals surface area contributed by atoms with Crippen molar-refractivity contribution in [2.45, 2.75) is 12.3 Å². The second-order valence-electron chi connectivity index (χ2n) is 3.38. The lowest BCUT2D eigenvalue weighted by Crippen LogP contribution is -1.91. The highest BCUT2D eigenvalue weighted by Crippen LogP contribution is 2.34. The fourth-order valence-electron chi connectivity index (χ4n) is 1.43. The van der Waals surface area contributed by atoms with Crippen LogP contribution in [0.3, 0.4) is 0 Å². The Labute approximate surface area is 103 Å².